The van der Waals surface area contributed by atoms with Crippen LogP contribution >= 0.6 is 0 Å². The maximum absolute atomic E-state index is 5.61. The number of fused-ring (bicyclic) bond motifs is 4. The Balaban J connectivity index is 1.51. The molecule has 0 aliphatic rings. The Morgan fingerprint density at radius 2 is 1.02 bits per heavy atom. The van der Waals surface area contributed by atoms with Gasteiger partial charge in [-0.2, -0.15) is 0 Å². The van der Waals surface area contributed by atoms with Crippen molar-refractivity contribution in [1.29, 1.82) is 0 Å². The minimum atomic E-state index is -0.0497. The van der Waals surface area contributed by atoms with E-state index in [1.807, 2.05) is 12.1 Å². The lowest BCUT2D eigenvalue weighted by molar-refractivity contribution is 0.589. The average Bonchev–Trinajstić information content (AvgIpc) is 3.66. The Morgan fingerprint density at radius 1 is 0.480 bits per heavy atom. The van der Waals surface area contributed by atoms with Crippen molar-refractivity contribution in [3.8, 4) is 33.5 Å². The van der Waals surface area contributed by atoms with Crippen LogP contribution in [-0.2, 0) is 21.7 Å². The van der Waals surface area contributed by atoms with Crippen LogP contribution in [0.3, 0.4) is 0 Å². The molecule has 0 saturated carbocycles. The lowest BCUT2D eigenvalue weighted by atomic mass is 9.80. The zero-order valence-electron chi connectivity index (χ0n) is 32.0. The lowest BCUT2D eigenvalue weighted by Crippen LogP contribution is -2.13. The number of aromatic nitrogens is 2. The molecule has 256 valence electrons. The number of hydrogen-bond acceptors (Lipinski definition) is 2. The number of aromatic amines is 1. The number of pyridine rings is 1. The molecule has 0 aliphatic carbocycles. The molecule has 3 nitrogen and oxygen atoms in total. The van der Waals surface area contributed by atoms with E-state index in [1.165, 1.54) is 66.3 Å². The van der Waals surface area contributed by atoms with Crippen LogP contribution in [-0.4, -0.2) is 9.97 Å². The molecular formula is C47H52N2O. The molecule has 7 aromatic rings. The van der Waals surface area contributed by atoms with Crippen molar-refractivity contribution in [2.75, 3.05) is 0 Å². The van der Waals surface area contributed by atoms with E-state index in [4.69, 9.17) is 9.40 Å². The second-order valence-electron chi connectivity index (χ2n) is 18.4. The van der Waals surface area contributed by atoms with E-state index in [2.05, 4.69) is 161 Å². The fraction of sp³-hybridized carbons (Fsp3) is 0.340. The van der Waals surface area contributed by atoms with Crippen LogP contribution in [0.5, 0.6) is 0 Å². The fourth-order valence-corrected chi connectivity index (χ4v) is 6.90. The summed E-state index contributed by atoms with van der Waals surface area (Å²) in [5.74, 6) is 0. The van der Waals surface area contributed by atoms with Crippen LogP contribution < -0.4 is 0 Å². The maximum atomic E-state index is 5.61. The minimum Gasteiger partial charge on any atom is -0.463 e. The van der Waals surface area contributed by atoms with Gasteiger partial charge in [-0.15, -0.1) is 0 Å². The van der Waals surface area contributed by atoms with E-state index in [1.54, 1.807) is 6.26 Å². The van der Waals surface area contributed by atoms with Crippen molar-refractivity contribution in [2.45, 2.75) is 105 Å². The largest absolute Gasteiger partial charge is 0.463 e. The first-order valence-corrected chi connectivity index (χ1v) is 18.0. The van der Waals surface area contributed by atoms with Crippen molar-refractivity contribution in [2.24, 2.45) is 0 Å². The van der Waals surface area contributed by atoms with Gasteiger partial charge in [0, 0.05) is 33.5 Å². The van der Waals surface area contributed by atoms with Crippen molar-refractivity contribution < 1.29 is 4.42 Å². The van der Waals surface area contributed by atoms with Crippen molar-refractivity contribution in [3.05, 3.63) is 113 Å². The monoisotopic (exact) mass is 660 g/mol. The van der Waals surface area contributed by atoms with E-state index in [0.717, 1.165) is 22.4 Å². The predicted octanol–water partition coefficient (Wildman–Crippen LogP) is 13.7. The number of rotatable bonds is 3. The van der Waals surface area contributed by atoms with Crippen LogP contribution in [0, 0.1) is 0 Å². The van der Waals surface area contributed by atoms with Gasteiger partial charge in [-0.3, -0.25) is 0 Å². The number of H-pyrrole nitrogens is 1. The van der Waals surface area contributed by atoms with Crippen molar-refractivity contribution in [1.82, 2.24) is 9.97 Å². The number of nitrogens with zero attached hydrogens (tertiary/aromatic N) is 1. The first-order chi connectivity index (χ1) is 23.3. The zero-order valence-corrected chi connectivity index (χ0v) is 32.0. The van der Waals surface area contributed by atoms with Gasteiger partial charge in [0.1, 0.15) is 5.52 Å². The Bertz CT molecular complexity index is 2410. The van der Waals surface area contributed by atoms with Gasteiger partial charge < -0.3 is 9.40 Å². The molecule has 50 heavy (non-hydrogen) atoms. The van der Waals surface area contributed by atoms with Gasteiger partial charge in [-0.05, 0) is 115 Å². The molecule has 3 aromatic heterocycles. The molecule has 0 unspecified atom stereocenters. The summed E-state index contributed by atoms with van der Waals surface area (Å²) in [5, 5.41) is 2.57. The summed E-state index contributed by atoms with van der Waals surface area (Å²) in [6, 6.07) is 32.0. The van der Waals surface area contributed by atoms with Crippen LogP contribution in [0.4, 0.5) is 0 Å². The summed E-state index contributed by atoms with van der Waals surface area (Å²) in [5.41, 5.74) is 16.2. The van der Waals surface area contributed by atoms with Gasteiger partial charge in [-0.25, -0.2) is 4.98 Å². The first-order valence-electron chi connectivity index (χ1n) is 18.0. The second-order valence-corrected chi connectivity index (χ2v) is 18.4. The first kappa shape index (κ1) is 33.8. The highest BCUT2D eigenvalue weighted by Gasteiger charge is 2.24. The molecule has 0 aliphatic heterocycles. The fourth-order valence-electron chi connectivity index (χ4n) is 6.90. The highest BCUT2D eigenvalue weighted by molar-refractivity contribution is 6.12. The summed E-state index contributed by atoms with van der Waals surface area (Å²) in [6.07, 6.45) is 1.71. The normalized spacial score (nSPS) is 13.2. The maximum Gasteiger partial charge on any atom is 0.152 e. The second kappa shape index (κ2) is 11.5. The van der Waals surface area contributed by atoms with Crippen LogP contribution in [0.15, 0.2) is 95.6 Å². The summed E-state index contributed by atoms with van der Waals surface area (Å²) < 4.78 is 5.61. The van der Waals surface area contributed by atoms with Gasteiger partial charge >= 0.3 is 0 Å². The Labute approximate surface area is 298 Å². The Morgan fingerprint density at radius 3 is 1.64 bits per heavy atom. The summed E-state index contributed by atoms with van der Waals surface area (Å²) in [4.78, 5) is 8.87. The number of nitrogens with one attached hydrogen (secondary N) is 1. The highest BCUT2D eigenvalue weighted by atomic mass is 16.3. The van der Waals surface area contributed by atoms with E-state index in [9.17, 15) is 0 Å². The Kier molecular flexibility index (Phi) is 7.75. The number of benzene rings is 4. The molecule has 3 heteroatoms. The molecule has 0 radical (unpaired) electrons. The molecule has 0 saturated heterocycles. The Hall–Kier alpha value is -4.63. The van der Waals surface area contributed by atoms with Gasteiger partial charge in [0.15, 0.2) is 5.58 Å². The lowest BCUT2D eigenvalue weighted by Gasteiger charge is -2.25. The van der Waals surface area contributed by atoms with Crippen LogP contribution in [0.2, 0.25) is 0 Å². The van der Waals surface area contributed by atoms with Crippen LogP contribution in [0.25, 0.3) is 66.4 Å². The van der Waals surface area contributed by atoms with Crippen LogP contribution in [0.1, 0.15) is 105 Å². The topological polar surface area (TPSA) is 41.8 Å². The van der Waals surface area contributed by atoms with Gasteiger partial charge in [0.05, 0.1) is 17.5 Å². The molecule has 7 rings (SSSR count). The van der Waals surface area contributed by atoms with E-state index < -0.39 is 0 Å². The van der Waals surface area contributed by atoms with Gasteiger partial charge in [0.25, 0.3) is 0 Å². The summed E-state index contributed by atoms with van der Waals surface area (Å²) in [6.45, 7) is 27.6. The van der Waals surface area contributed by atoms with Crippen molar-refractivity contribution in [3.63, 3.8) is 0 Å². The third-order valence-electron chi connectivity index (χ3n) is 10.3. The summed E-state index contributed by atoms with van der Waals surface area (Å²) in [7, 11) is 0. The molecule has 0 fully saturated rings. The molecule has 0 bridgehead atoms. The van der Waals surface area contributed by atoms with Gasteiger partial charge in [-0.1, -0.05) is 107 Å². The molecule has 4 aromatic carbocycles. The molecule has 0 amide bonds. The molecule has 0 atom stereocenters. The van der Waals surface area contributed by atoms with E-state index in [0.29, 0.717) is 0 Å². The number of hydrogen-bond donors (Lipinski definition) is 1. The predicted molar refractivity (Wildman–Crippen MR) is 214 cm³/mol. The molecule has 1 N–H and O–H groups in total. The molecule has 0 spiro atoms. The van der Waals surface area contributed by atoms with E-state index in [-0.39, 0.29) is 21.7 Å². The standard InChI is InChI=1S/C47H52N2O/c1-44(2,3)32-13-14-40-37(25-32)38-27-35(47(10,11)12)26-36(43(38)49-40)30-19-28(21-33(23-30)45(4,5)6)29-20-31(24-34(22-29)46(7,8)9)39-15-16-42-41(48-39)17-18-50-42/h13-27,49H,1-12H3. The average molecular weight is 661 g/mol. The smallest absolute Gasteiger partial charge is 0.152 e. The third-order valence-corrected chi connectivity index (χ3v) is 10.3. The summed E-state index contributed by atoms with van der Waals surface area (Å²) >= 11 is 0. The van der Waals surface area contributed by atoms with Gasteiger partial charge in [0.2, 0.25) is 0 Å². The third kappa shape index (κ3) is 6.28. The number of furan rings is 1. The van der Waals surface area contributed by atoms with Crippen molar-refractivity contribution >= 4 is 32.9 Å². The highest BCUT2D eigenvalue weighted by Crippen LogP contribution is 2.42. The zero-order chi connectivity index (χ0) is 36.0. The quantitative estimate of drug-likeness (QED) is 0.205. The minimum absolute atomic E-state index is 0.0162. The SMILES string of the molecule is CC(C)(C)c1cc(-c2cc(-c3cc(C(C)(C)C)cc4c3[nH]c3ccc(C(C)(C)C)cc34)cc(C(C)(C)C)c2)cc(-c2ccc3occc3n2)c1. The van der Waals surface area contributed by atoms with E-state index >= 15 is 0 Å². The molecule has 3 heterocycles. The molecular weight excluding hydrogens is 609 g/mol.